The second kappa shape index (κ2) is 6.79. The first-order valence-electron chi connectivity index (χ1n) is 9.57. The summed E-state index contributed by atoms with van der Waals surface area (Å²) in [7, 11) is 0. The molecule has 138 valence electrons. The number of rotatable bonds is 5. The van der Waals surface area contributed by atoms with Gasteiger partial charge < -0.3 is 0 Å². The molecule has 1 aromatic heterocycles. The molecule has 1 heterocycles. The summed E-state index contributed by atoms with van der Waals surface area (Å²) < 4.78 is 2.43. The predicted molar refractivity (Wildman–Crippen MR) is 116 cm³/mol. The molecule has 0 amide bonds. The van der Waals surface area contributed by atoms with E-state index < -0.39 is 0 Å². The lowest BCUT2D eigenvalue weighted by molar-refractivity contribution is 0.393. The number of aromatic nitrogens is 2. The van der Waals surface area contributed by atoms with Gasteiger partial charge in [-0.3, -0.25) is 0 Å². The zero-order valence-corrected chi connectivity index (χ0v) is 17.8. The van der Waals surface area contributed by atoms with Gasteiger partial charge in [0.25, 0.3) is 0 Å². The number of aryl methyl sites for hydroxylation is 1. The molecule has 1 aromatic carbocycles. The number of hydrogen-bond donors (Lipinski definition) is 0. The summed E-state index contributed by atoms with van der Waals surface area (Å²) in [5.74, 6) is 1.25. The molecule has 26 heavy (non-hydrogen) atoms. The first-order chi connectivity index (χ1) is 12.5. The third-order valence-electron chi connectivity index (χ3n) is 6.16. The van der Waals surface area contributed by atoms with Gasteiger partial charge >= 0.3 is 0 Å². The summed E-state index contributed by atoms with van der Waals surface area (Å²) in [6.45, 7) is 6.92. The van der Waals surface area contributed by atoms with Crippen LogP contribution in [0.3, 0.4) is 0 Å². The minimum absolute atomic E-state index is 0.237. The van der Waals surface area contributed by atoms with E-state index in [9.17, 15) is 0 Å². The highest BCUT2D eigenvalue weighted by Crippen LogP contribution is 2.65. The average Bonchev–Trinajstić information content (AvgIpc) is 3.17. The van der Waals surface area contributed by atoms with Crippen LogP contribution in [0, 0.1) is 12.3 Å². The van der Waals surface area contributed by atoms with Crippen LogP contribution in [0.1, 0.15) is 49.9 Å². The van der Waals surface area contributed by atoms with Crippen molar-refractivity contribution < 1.29 is 0 Å². The Hall–Kier alpha value is -1.13. The molecule has 4 rings (SSSR count). The van der Waals surface area contributed by atoms with Crippen molar-refractivity contribution in [2.45, 2.75) is 50.5 Å². The van der Waals surface area contributed by atoms with E-state index in [0.717, 1.165) is 12.1 Å². The summed E-state index contributed by atoms with van der Waals surface area (Å²) in [5, 5.41) is 4.75. The summed E-state index contributed by atoms with van der Waals surface area (Å²) in [6.07, 6.45) is 11.7. The molecule has 1 fully saturated rings. The summed E-state index contributed by atoms with van der Waals surface area (Å²) in [5.41, 5.74) is 6.99. The van der Waals surface area contributed by atoms with Gasteiger partial charge in [0.2, 0.25) is 0 Å². The quantitative estimate of drug-likeness (QED) is 0.578. The maximum Gasteiger partial charge on any atom is 0.0704 e. The molecule has 0 saturated heterocycles. The molecule has 0 aliphatic heterocycles. The highest BCUT2D eigenvalue weighted by atomic mass is 32.2. The highest BCUT2D eigenvalue weighted by Gasteiger charge is 2.56. The second-order valence-electron chi connectivity index (χ2n) is 7.79. The largest absolute Gasteiger partial charge is 0.233 e. The number of nitrogens with zero attached hydrogens (tertiary/aromatic N) is 2. The maximum atomic E-state index is 4.75. The number of hydrogen-bond acceptors (Lipinski definition) is 3. The minimum Gasteiger partial charge on any atom is -0.233 e. The van der Waals surface area contributed by atoms with E-state index in [1.54, 1.807) is 5.57 Å². The zero-order valence-electron chi connectivity index (χ0n) is 16.2. The van der Waals surface area contributed by atoms with Gasteiger partial charge in [-0.1, -0.05) is 37.1 Å². The van der Waals surface area contributed by atoms with Crippen molar-refractivity contribution in [2.24, 2.45) is 5.41 Å². The monoisotopic (exact) mass is 384 g/mol. The van der Waals surface area contributed by atoms with Crippen molar-refractivity contribution in [3.05, 3.63) is 52.9 Å². The van der Waals surface area contributed by atoms with Crippen LogP contribution in [0.2, 0.25) is 0 Å². The lowest BCUT2D eigenvalue weighted by Gasteiger charge is -2.44. The van der Waals surface area contributed by atoms with Gasteiger partial charge in [-0.05, 0) is 68.4 Å². The fraction of sp³-hybridized carbons (Fsp3) is 0.500. The van der Waals surface area contributed by atoms with Crippen LogP contribution in [0.25, 0.3) is 11.8 Å². The normalized spacial score (nSPS) is 27.2. The van der Waals surface area contributed by atoms with Crippen molar-refractivity contribution in [1.29, 1.82) is 0 Å². The minimum atomic E-state index is 0.237. The summed E-state index contributed by atoms with van der Waals surface area (Å²) in [6, 6.07) is 8.68. The van der Waals surface area contributed by atoms with Crippen molar-refractivity contribution in [2.75, 3.05) is 12.0 Å². The zero-order chi connectivity index (χ0) is 18.4. The Morgan fingerprint density at radius 2 is 2.00 bits per heavy atom. The SMILES string of the molecule is CCCSC1(SC)CCC2=Cc3c(cnn3-c3ccc(C)cc3)C[C@@]21C. The summed E-state index contributed by atoms with van der Waals surface area (Å²) in [4.78, 5) is 0. The number of allylic oxidation sites excluding steroid dienone is 1. The standard InChI is InChI=1S/C22H28N2S2/c1-5-12-26-22(25-4)11-10-18-13-20-17(14-21(18,22)3)15-23-24(20)19-8-6-16(2)7-9-19/h6-9,13,15H,5,10-12,14H2,1-4H3/t21-,22?/m0/s1. The lowest BCUT2D eigenvalue weighted by atomic mass is 9.74. The molecule has 4 heteroatoms. The van der Waals surface area contributed by atoms with E-state index in [1.807, 2.05) is 0 Å². The molecule has 0 N–H and O–H groups in total. The van der Waals surface area contributed by atoms with Crippen molar-refractivity contribution in [3.63, 3.8) is 0 Å². The van der Waals surface area contributed by atoms with E-state index in [2.05, 4.69) is 91.8 Å². The van der Waals surface area contributed by atoms with Gasteiger partial charge in [0.05, 0.1) is 21.7 Å². The van der Waals surface area contributed by atoms with Crippen LogP contribution >= 0.6 is 23.5 Å². The molecular formula is C22H28N2S2. The Morgan fingerprint density at radius 1 is 1.23 bits per heavy atom. The molecule has 0 radical (unpaired) electrons. The number of thioether (sulfide) groups is 2. The Morgan fingerprint density at radius 3 is 2.69 bits per heavy atom. The van der Waals surface area contributed by atoms with Gasteiger partial charge in [-0.15, -0.1) is 23.5 Å². The molecular weight excluding hydrogens is 356 g/mol. The van der Waals surface area contributed by atoms with E-state index in [0.29, 0.717) is 4.08 Å². The van der Waals surface area contributed by atoms with Crippen LogP contribution in [0.5, 0.6) is 0 Å². The van der Waals surface area contributed by atoms with E-state index >= 15 is 0 Å². The average molecular weight is 385 g/mol. The molecule has 0 spiro atoms. The molecule has 0 bridgehead atoms. The van der Waals surface area contributed by atoms with Gasteiger partial charge in [-0.2, -0.15) is 5.10 Å². The van der Waals surface area contributed by atoms with E-state index in [1.165, 1.54) is 41.8 Å². The molecule has 2 aliphatic rings. The van der Waals surface area contributed by atoms with Crippen LogP contribution < -0.4 is 0 Å². The van der Waals surface area contributed by atoms with Gasteiger partial charge in [0.1, 0.15) is 0 Å². The first kappa shape index (κ1) is 18.2. The number of fused-ring (bicyclic) bond motifs is 2. The second-order valence-corrected chi connectivity index (χ2v) is 10.5. The fourth-order valence-corrected chi connectivity index (χ4v) is 7.56. The van der Waals surface area contributed by atoms with E-state index in [4.69, 9.17) is 5.10 Å². The van der Waals surface area contributed by atoms with Gasteiger partial charge in [0, 0.05) is 5.41 Å². The van der Waals surface area contributed by atoms with Crippen molar-refractivity contribution in [3.8, 4) is 5.69 Å². The van der Waals surface area contributed by atoms with E-state index in [-0.39, 0.29) is 5.41 Å². The third kappa shape index (κ3) is 2.68. The van der Waals surface area contributed by atoms with Crippen LogP contribution in [-0.4, -0.2) is 25.9 Å². The Balaban J connectivity index is 1.74. The Bertz CT molecular complexity index is 836. The molecule has 2 aromatic rings. The van der Waals surface area contributed by atoms with Crippen LogP contribution in [-0.2, 0) is 6.42 Å². The molecule has 2 atom stereocenters. The van der Waals surface area contributed by atoms with Gasteiger partial charge in [-0.25, -0.2) is 4.68 Å². The van der Waals surface area contributed by atoms with Crippen molar-refractivity contribution in [1.82, 2.24) is 9.78 Å². The maximum absolute atomic E-state index is 4.75. The topological polar surface area (TPSA) is 17.8 Å². The Labute approximate surface area is 165 Å². The van der Waals surface area contributed by atoms with Crippen molar-refractivity contribution >= 4 is 29.6 Å². The fourth-order valence-electron chi connectivity index (χ4n) is 4.58. The smallest absolute Gasteiger partial charge is 0.0704 e. The number of benzene rings is 1. The predicted octanol–water partition coefficient (Wildman–Crippen LogP) is 6.12. The van der Waals surface area contributed by atoms with Gasteiger partial charge in [0.15, 0.2) is 0 Å². The lowest BCUT2D eigenvalue weighted by Crippen LogP contribution is -2.40. The summed E-state index contributed by atoms with van der Waals surface area (Å²) >= 11 is 4.27. The van der Waals surface area contributed by atoms with Crippen LogP contribution in [0.4, 0.5) is 0 Å². The Kier molecular flexibility index (Phi) is 4.77. The first-order valence-corrected chi connectivity index (χ1v) is 11.8. The third-order valence-corrected chi connectivity index (χ3v) is 10.1. The van der Waals surface area contributed by atoms with Crippen LogP contribution in [0.15, 0.2) is 36.0 Å². The molecule has 2 aliphatic carbocycles. The molecule has 2 nitrogen and oxygen atoms in total. The molecule has 1 saturated carbocycles. The highest BCUT2D eigenvalue weighted by molar-refractivity contribution is 8.18. The molecule has 1 unspecified atom stereocenters.